The Hall–Kier alpha value is -2.14. The first-order chi connectivity index (χ1) is 12.6. The molecule has 138 valence electrons. The van der Waals surface area contributed by atoms with Crippen molar-refractivity contribution in [1.82, 2.24) is 15.1 Å². The van der Waals surface area contributed by atoms with Crippen LogP contribution in [0.1, 0.15) is 60.1 Å². The van der Waals surface area contributed by atoms with E-state index in [1.54, 1.807) is 0 Å². The fraction of sp³-hybridized carbons (Fsp3) is 0.524. The molecule has 0 bridgehead atoms. The van der Waals surface area contributed by atoms with Gasteiger partial charge in [0.05, 0.1) is 12.6 Å². The smallest absolute Gasteiger partial charge is 0.274 e. The standard InChI is InChI=1S/C21H27N3O2/c1-14(2)18-12-24(13-19(26-18)15-8-4-3-5-9-15)21(25)20-16-10-6-7-11-17(16)22-23-20/h3-5,8-9,14,18-19H,6-7,10-13H2,1-2H3,(H,22,23)/t18-,19+/m1/s1. The van der Waals surface area contributed by atoms with E-state index >= 15 is 0 Å². The van der Waals surface area contributed by atoms with Crippen molar-refractivity contribution in [3.8, 4) is 0 Å². The normalized spacial score (nSPS) is 23.1. The van der Waals surface area contributed by atoms with Crippen molar-refractivity contribution in [2.24, 2.45) is 5.92 Å². The molecule has 1 N–H and O–H groups in total. The average molecular weight is 353 g/mol. The molecule has 1 fully saturated rings. The number of nitrogens with zero attached hydrogens (tertiary/aromatic N) is 2. The molecule has 1 aromatic heterocycles. The molecule has 0 radical (unpaired) electrons. The number of benzene rings is 1. The number of ether oxygens (including phenoxy) is 1. The lowest BCUT2D eigenvalue weighted by atomic mass is 9.95. The lowest BCUT2D eigenvalue weighted by molar-refractivity contribution is -0.0955. The SMILES string of the molecule is CC(C)[C@H]1CN(C(=O)c2n[nH]c3c2CCCC3)C[C@@H](c2ccccc2)O1. The van der Waals surface area contributed by atoms with E-state index in [4.69, 9.17) is 4.74 Å². The van der Waals surface area contributed by atoms with Gasteiger partial charge in [-0.05, 0) is 37.2 Å². The summed E-state index contributed by atoms with van der Waals surface area (Å²) in [6.07, 6.45) is 4.21. The number of morpholine rings is 1. The van der Waals surface area contributed by atoms with Crippen LogP contribution in [0.15, 0.2) is 30.3 Å². The monoisotopic (exact) mass is 353 g/mol. The third-order valence-corrected chi connectivity index (χ3v) is 5.59. The van der Waals surface area contributed by atoms with Crippen molar-refractivity contribution in [3.63, 3.8) is 0 Å². The van der Waals surface area contributed by atoms with Crippen LogP contribution < -0.4 is 0 Å². The minimum absolute atomic E-state index is 0.0349. The molecule has 1 aliphatic heterocycles. The first kappa shape index (κ1) is 17.3. The third kappa shape index (κ3) is 3.28. The number of aromatic nitrogens is 2. The molecule has 4 rings (SSSR count). The van der Waals surface area contributed by atoms with Crippen LogP contribution in [-0.2, 0) is 17.6 Å². The van der Waals surface area contributed by atoms with Gasteiger partial charge in [-0.3, -0.25) is 9.89 Å². The summed E-state index contributed by atoms with van der Waals surface area (Å²) in [7, 11) is 0. The Bertz CT molecular complexity index is 769. The highest BCUT2D eigenvalue weighted by Gasteiger charge is 2.35. The Balaban J connectivity index is 1.60. The predicted molar refractivity (Wildman–Crippen MR) is 100 cm³/mol. The molecule has 2 atom stereocenters. The number of carbonyl (C=O) groups is 1. The molecule has 5 nitrogen and oxygen atoms in total. The lowest BCUT2D eigenvalue weighted by Gasteiger charge is -2.40. The van der Waals surface area contributed by atoms with E-state index in [-0.39, 0.29) is 18.1 Å². The number of amides is 1. The van der Waals surface area contributed by atoms with Crippen molar-refractivity contribution >= 4 is 5.91 Å². The number of aryl methyl sites for hydroxylation is 1. The summed E-state index contributed by atoms with van der Waals surface area (Å²) in [5.74, 6) is 0.393. The van der Waals surface area contributed by atoms with Crippen LogP contribution in [0.4, 0.5) is 0 Å². The van der Waals surface area contributed by atoms with Crippen LogP contribution in [0.5, 0.6) is 0 Å². The molecule has 5 heteroatoms. The Morgan fingerprint density at radius 3 is 2.73 bits per heavy atom. The quantitative estimate of drug-likeness (QED) is 0.918. The van der Waals surface area contributed by atoms with Gasteiger partial charge in [0.1, 0.15) is 6.10 Å². The second kappa shape index (κ2) is 7.23. The van der Waals surface area contributed by atoms with E-state index in [0.29, 0.717) is 24.7 Å². The van der Waals surface area contributed by atoms with Gasteiger partial charge in [-0.1, -0.05) is 44.2 Å². The maximum atomic E-state index is 13.3. The van der Waals surface area contributed by atoms with Gasteiger partial charge in [0, 0.05) is 17.8 Å². The number of H-pyrrole nitrogens is 1. The van der Waals surface area contributed by atoms with Crippen LogP contribution in [0.3, 0.4) is 0 Å². The summed E-state index contributed by atoms with van der Waals surface area (Å²) in [6, 6.07) is 10.2. The highest BCUT2D eigenvalue weighted by molar-refractivity contribution is 5.94. The fourth-order valence-corrected chi connectivity index (χ4v) is 3.98. The number of fused-ring (bicyclic) bond motifs is 1. The van der Waals surface area contributed by atoms with Gasteiger partial charge in [-0.2, -0.15) is 5.10 Å². The van der Waals surface area contributed by atoms with E-state index in [0.717, 1.165) is 36.1 Å². The van der Waals surface area contributed by atoms with Crippen molar-refractivity contribution < 1.29 is 9.53 Å². The first-order valence-electron chi connectivity index (χ1n) is 9.69. The van der Waals surface area contributed by atoms with Gasteiger partial charge in [-0.25, -0.2) is 0 Å². The molecule has 2 aromatic rings. The molecule has 1 aliphatic carbocycles. The van der Waals surface area contributed by atoms with Crippen molar-refractivity contribution in [3.05, 3.63) is 52.8 Å². The minimum Gasteiger partial charge on any atom is -0.366 e. The number of carbonyl (C=O) groups excluding carboxylic acids is 1. The molecule has 0 unspecified atom stereocenters. The second-order valence-electron chi connectivity index (χ2n) is 7.76. The van der Waals surface area contributed by atoms with Gasteiger partial charge in [0.15, 0.2) is 5.69 Å². The van der Waals surface area contributed by atoms with E-state index in [2.05, 4.69) is 36.2 Å². The van der Waals surface area contributed by atoms with Crippen LogP contribution in [0.2, 0.25) is 0 Å². The molecule has 26 heavy (non-hydrogen) atoms. The van der Waals surface area contributed by atoms with E-state index in [1.807, 2.05) is 23.1 Å². The van der Waals surface area contributed by atoms with E-state index < -0.39 is 0 Å². The minimum atomic E-state index is -0.0870. The maximum Gasteiger partial charge on any atom is 0.274 e. The summed E-state index contributed by atoms with van der Waals surface area (Å²) in [4.78, 5) is 15.2. The third-order valence-electron chi connectivity index (χ3n) is 5.59. The van der Waals surface area contributed by atoms with Crippen molar-refractivity contribution in [2.75, 3.05) is 13.1 Å². The summed E-state index contributed by atoms with van der Waals surface area (Å²) in [5, 5.41) is 7.48. The lowest BCUT2D eigenvalue weighted by Crippen LogP contribution is -2.49. The van der Waals surface area contributed by atoms with Crippen LogP contribution >= 0.6 is 0 Å². The Morgan fingerprint density at radius 2 is 1.96 bits per heavy atom. The largest absolute Gasteiger partial charge is 0.366 e. The zero-order valence-corrected chi connectivity index (χ0v) is 15.6. The van der Waals surface area contributed by atoms with Crippen molar-refractivity contribution in [2.45, 2.75) is 51.7 Å². The number of hydrogen-bond donors (Lipinski definition) is 1. The molecule has 1 saturated heterocycles. The summed E-state index contributed by atoms with van der Waals surface area (Å²) in [6.45, 7) is 5.50. The summed E-state index contributed by atoms with van der Waals surface area (Å²) >= 11 is 0. The van der Waals surface area contributed by atoms with Crippen LogP contribution in [-0.4, -0.2) is 40.2 Å². The molecule has 1 aromatic carbocycles. The van der Waals surface area contributed by atoms with Gasteiger partial charge in [-0.15, -0.1) is 0 Å². The number of hydrogen-bond acceptors (Lipinski definition) is 3. The Labute approximate surface area is 154 Å². The Morgan fingerprint density at radius 1 is 1.19 bits per heavy atom. The predicted octanol–water partition coefficient (Wildman–Crippen LogP) is 3.53. The topological polar surface area (TPSA) is 58.2 Å². The van der Waals surface area contributed by atoms with Gasteiger partial charge in [0.25, 0.3) is 5.91 Å². The zero-order valence-electron chi connectivity index (χ0n) is 15.6. The zero-order chi connectivity index (χ0) is 18.1. The highest BCUT2D eigenvalue weighted by Crippen LogP contribution is 2.30. The number of nitrogens with one attached hydrogen (secondary N) is 1. The number of rotatable bonds is 3. The molecule has 2 aliphatic rings. The number of aromatic amines is 1. The molecular weight excluding hydrogens is 326 g/mol. The molecule has 2 heterocycles. The summed E-state index contributed by atoms with van der Waals surface area (Å²) in [5.41, 5.74) is 4.02. The van der Waals surface area contributed by atoms with Gasteiger partial charge >= 0.3 is 0 Å². The second-order valence-corrected chi connectivity index (χ2v) is 7.76. The summed E-state index contributed by atoms with van der Waals surface area (Å²) < 4.78 is 6.32. The van der Waals surface area contributed by atoms with Crippen LogP contribution in [0.25, 0.3) is 0 Å². The molecule has 1 amide bonds. The van der Waals surface area contributed by atoms with Gasteiger partial charge in [0.2, 0.25) is 0 Å². The van der Waals surface area contributed by atoms with E-state index in [1.165, 1.54) is 6.42 Å². The molecular formula is C21H27N3O2. The maximum absolute atomic E-state index is 13.3. The van der Waals surface area contributed by atoms with Crippen molar-refractivity contribution in [1.29, 1.82) is 0 Å². The Kier molecular flexibility index (Phi) is 4.81. The van der Waals surface area contributed by atoms with E-state index in [9.17, 15) is 4.79 Å². The molecule has 0 spiro atoms. The van der Waals surface area contributed by atoms with Crippen LogP contribution in [0, 0.1) is 5.92 Å². The van der Waals surface area contributed by atoms with Gasteiger partial charge < -0.3 is 9.64 Å². The fourth-order valence-electron chi connectivity index (χ4n) is 3.98. The highest BCUT2D eigenvalue weighted by atomic mass is 16.5. The average Bonchev–Trinajstić information content (AvgIpc) is 3.12. The molecule has 0 saturated carbocycles. The first-order valence-corrected chi connectivity index (χ1v) is 9.69.